The van der Waals surface area contributed by atoms with Crippen LogP contribution >= 0.6 is 0 Å². The summed E-state index contributed by atoms with van der Waals surface area (Å²) in [5, 5.41) is 6.31. The summed E-state index contributed by atoms with van der Waals surface area (Å²) in [6.45, 7) is 39.2. The molecule has 0 bridgehead atoms. The summed E-state index contributed by atoms with van der Waals surface area (Å²) in [7, 11) is 0.735. The Morgan fingerprint density at radius 3 is 1.50 bits per heavy atom. The maximum absolute atomic E-state index is 7.28. The van der Waals surface area contributed by atoms with E-state index in [1.54, 1.807) is 0 Å². The number of nitrogens with one attached hydrogen (secondary N) is 1. The van der Waals surface area contributed by atoms with Crippen molar-refractivity contribution >= 4 is 85.6 Å². The van der Waals surface area contributed by atoms with Crippen molar-refractivity contribution in [3.8, 4) is 22.3 Å². The Morgan fingerprint density at radius 1 is 0.439 bits per heavy atom. The molecule has 0 amide bonds. The van der Waals surface area contributed by atoms with E-state index in [-0.39, 0.29) is 32.5 Å². The van der Waals surface area contributed by atoms with Crippen molar-refractivity contribution in [3.63, 3.8) is 0 Å². The fraction of sp³-hybridized carbons (Fsp3) is 0.299. The minimum absolute atomic E-state index is 0.0157. The Hall–Kier alpha value is -7.76. The van der Waals surface area contributed by atoms with Gasteiger partial charge in [-0.3, -0.25) is 0 Å². The smallest absolute Gasteiger partial charge is 0.198 e. The largest absolute Gasteiger partial charge is 0.455 e. The van der Waals surface area contributed by atoms with Crippen LogP contribution in [-0.2, 0) is 32.5 Å². The highest BCUT2D eigenvalue weighted by atomic mass is 16.3. The van der Waals surface area contributed by atoms with Gasteiger partial charge in [0.2, 0.25) is 0 Å². The van der Waals surface area contributed by atoms with E-state index in [1.165, 1.54) is 72.4 Å². The van der Waals surface area contributed by atoms with Gasteiger partial charge in [-0.15, -0.1) is 0 Å². The lowest BCUT2D eigenvalue weighted by Gasteiger charge is -2.36. The quantitative estimate of drug-likeness (QED) is 0.161. The van der Waals surface area contributed by atoms with Crippen molar-refractivity contribution in [2.45, 2.75) is 150 Å². The standard InChI is InChI=1S/C77H82BN3O/c1-72(2,3)47-22-31-52(32-23-47)79-65-46-63-59(57-40-39-56(43-62(57)77(63,16)17)80(53-33-24-48(25-34-53)73(4,5)6)54-35-26-49(27-36-54)74(7,8)9)44-61(65)69-70-67(45-60-58-20-18-19-21-68(58)82-71(60)69)81(55-37-28-50(29-38-55)75(10,11)12)66-41-30-51(76(13,14)15)42-64(66)78-70/h18-46,78-79H,1-17H3. The third-order valence-corrected chi connectivity index (χ3v) is 17.9. The highest BCUT2D eigenvalue weighted by molar-refractivity contribution is 6.73. The van der Waals surface area contributed by atoms with Crippen LogP contribution in [0.4, 0.5) is 45.5 Å². The molecule has 9 aromatic carbocycles. The van der Waals surface area contributed by atoms with Crippen LogP contribution < -0.4 is 26.0 Å². The molecular weight excluding hydrogens is 994 g/mol. The van der Waals surface area contributed by atoms with Crippen molar-refractivity contribution < 1.29 is 4.42 Å². The lowest BCUT2D eigenvalue weighted by molar-refractivity contribution is 0.590. The number of anilines is 8. The summed E-state index contributed by atoms with van der Waals surface area (Å²) >= 11 is 0. The van der Waals surface area contributed by atoms with E-state index in [2.05, 4.69) is 309 Å². The van der Waals surface area contributed by atoms with Crippen LogP contribution in [0.5, 0.6) is 0 Å². The number of rotatable bonds is 7. The Morgan fingerprint density at radius 2 is 0.939 bits per heavy atom. The topological polar surface area (TPSA) is 31.7 Å². The molecule has 2 heterocycles. The molecule has 0 saturated carbocycles. The van der Waals surface area contributed by atoms with Crippen LogP contribution in [0, 0.1) is 0 Å². The second-order valence-electron chi connectivity index (χ2n) is 29.3. The number of para-hydroxylation sites is 1. The summed E-state index contributed by atoms with van der Waals surface area (Å²) in [5.74, 6) is 0. The van der Waals surface area contributed by atoms with E-state index < -0.39 is 0 Å². The van der Waals surface area contributed by atoms with E-state index in [9.17, 15) is 0 Å². The van der Waals surface area contributed by atoms with Gasteiger partial charge in [0.15, 0.2) is 7.28 Å². The first-order valence-corrected chi connectivity index (χ1v) is 29.8. The first kappa shape index (κ1) is 54.8. The zero-order chi connectivity index (χ0) is 58.2. The molecule has 0 unspecified atom stereocenters. The molecule has 2 aliphatic rings. The maximum Gasteiger partial charge on any atom is 0.198 e. The zero-order valence-electron chi connectivity index (χ0n) is 51.8. The molecule has 0 saturated heterocycles. The highest BCUT2D eigenvalue weighted by Crippen LogP contribution is 2.55. The fourth-order valence-corrected chi connectivity index (χ4v) is 12.8. The fourth-order valence-electron chi connectivity index (χ4n) is 12.8. The monoisotopic (exact) mass is 1080 g/mol. The molecule has 1 aliphatic heterocycles. The van der Waals surface area contributed by atoms with Crippen molar-refractivity contribution in [2.24, 2.45) is 0 Å². The molecule has 0 fully saturated rings. The molecule has 1 N–H and O–H groups in total. The molecule has 10 aromatic rings. The third-order valence-electron chi connectivity index (χ3n) is 17.9. The second kappa shape index (κ2) is 19.2. The number of furan rings is 1. The minimum atomic E-state index is -0.354. The first-order valence-electron chi connectivity index (χ1n) is 29.8. The Kier molecular flexibility index (Phi) is 12.8. The SMILES string of the molecule is CC(C)(C)c1ccc(Nc2cc3c(cc2-c2c4c(cc5c2oc2ccccc25)N(c2ccc(C(C)(C)C)cc2)c2ccc(C(C)(C)C)cc2B4)-c2ccc(N(c4ccc(C(C)(C)C)cc4)c4ccc(C(C)(C)C)cc4)cc2C3(C)C)cc1. The summed E-state index contributed by atoms with van der Waals surface area (Å²) < 4.78 is 7.28. The molecule has 1 aromatic heterocycles. The average Bonchev–Trinajstić information content (AvgIpc) is 4.09. The maximum atomic E-state index is 7.28. The van der Waals surface area contributed by atoms with Gasteiger partial charge < -0.3 is 19.5 Å². The summed E-state index contributed by atoms with van der Waals surface area (Å²) in [4.78, 5) is 4.97. The van der Waals surface area contributed by atoms with Gasteiger partial charge in [0, 0.05) is 72.8 Å². The van der Waals surface area contributed by atoms with Crippen molar-refractivity contribution in [3.05, 3.63) is 215 Å². The minimum Gasteiger partial charge on any atom is -0.455 e. The lowest BCUT2D eigenvalue weighted by Crippen LogP contribution is -2.41. The zero-order valence-corrected chi connectivity index (χ0v) is 51.8. The molecule has 1 aliphatic carbocycles. The molecule has 0 atom stereocenters. The molecule has 414 valence electrons. The number of benzene rings is 9. The number of fused-ring (bicyclic) bond motifs is 8. The van der Waals surface area contributed by atoms with Crippen LogP contribution in [0.25, 0.3) is 44.2 Å². The van der Waals surface area contributed by atoms with E-state index in [4.69, 9.17) is 4.42 Å². The van der Waals surface area contributed by atoms with E-state index in [0.29, 0.717) is 0 Å². The van der Waals surface area contributed by atoms with Gasteiger partial charge >= 0.3 is 0 Å². The molecule has 12 rings (SSSR count). The number of hydrogen-bond donors (Lipinski definition) is 1. The molecule has 0 radical (unpaired) electrons. The van der Waals surface area contributed by atoms with E-state index >= 15 is 0 Å². The van der Waals surface area contributed by atoms with Gasteiger partial charge in [0.1, 0.15) is 11.2 Å². The van der Waals surface area contributed by atoms with Crippen molar-refractivity contribution in [1.29, 1.82) is 0 Å². The average molecular weight is 1080 g/mol. The van der Waals surface area contributed by atoms with Crippen LogP contribution in [0.3, 0.4) is 0 Å². The molecule has 5 heteroatoms. The summed E-state index contributed by atoms with van der Waals surface area (Å²) in [6.07, 6.45) is 0. The van der Waals surface area contributed by atoms with Crippen LogP contribution in [-0.4, -0.2) is 7.28 Å². The molecule has 4 nitrogen and oxygen atoms in total. The van der Waals surface area contributed by atoms with Gasteiger partial charge in [-0.05, 0) is 174 Å². The van der Waals surface area contributed by atoms with Crippen molar-refractivity contribution in [1.82, 2.24) is 0 Å². The lowest BCUT2D eigenvalue weighted by atomic mass is 9.57. The number of hydrogen-bond acceptors (Lipinski definition) is 4. The van der Waals surface area contributed by atoms with Crippen molar-refractivity contribution in [2.75, 3.05) is 15.1 Å². The molecular formula is C77H82BN3O. The van der Waals surface area contributed by atoms with Gasteiger partial charge in [0.05, 0.1) is 0 Å². The highest BCUT2D eigenvalue weighted by Gasteiger charge is 2.39. The third kappa shape index (κ3) is 9.62. The van der Waals surface area contributed by atoms with E-state index in [1.807, 2.05) is 0 Å². The Balaban J connectivity index is 1.11. The molecule has 0 spiro atoms. The predicted molar refractivity (Wildman–Crippen MR) is 356 cm³/mol. The first-order chi connectivity index (χ1) is 38.5. The summed E-state index contributed by atoms with van der Waals surface area (Å²) in [5.41, 5.74) is 27.0. The van der Waals surface area contributed by atoms with Gasteiger partial charge in [0.25, 0.3) is 0 Å². The van der Waals surface area contributed by atoms with Gasteiger partial charge in [-0.25, -0.2) is 0 Å². The second-order valence-corrected chi connectivity index (χ2v) is 29.3. The van der Waals surface area contributed by atoms with Crippen LogP contribution in [0.2, 0.25) is 0 Å². The Labute approximate surface area is 489 Å². The van der Waals surface area contributed by atoms with Crippen LogP contribution in [0.1, 0.15) is 157 Å². The molecule has 82 heavy (non-hydrogen) atoms. The number of nitrogens with zero attached hydrogens (tertiary/aromatic N) is 2. The normalized spacial score (nSPS) is 14.1. The van der Waals surface area contributed by atoms with Gasteiger partial charge in [-0.1, -0.05) is 208 Å². The Bertz CT molecular complexity index is 4050. The van der Waals surface area contributed by atoms with E-state index in [0.717, 1.165) is 74.5 Å². The summed E-state index contributed by atoms with van der Waals surface area (Å²) in [6, 6.07) is 67.2. The van der Waals surface area contributed by atoms with Gasteiger partial charge in [-0.2, -0.15) is 0 Å². The predicted octanol–water partition coefficient (Wildman–Crippen LogP) is 20.4. The van der Waals surface area contributed by atoms with Crippen LogP contribution in [0.15, 0.2) is 180 Å².